The van der Waals surface area contributed by atoms with Gasteiger partial charge in [0.15, 0.2) is 0 Å². The number of unbranched alkanes of at least 4 members (excludes halogenated alkanes) is 2. The minimum atomic E-state index is 0.777. The maximum atomic E-state index is 5.74. The van der Waals surface area contributed by atoms with Crippen LogP contribution in [0.3, 0.4) is 0 Å². The molecule has 0 saturated heterocycles. The Morgan fingerprint density at radius 3 is 1.96 bits per heavy atom. The standard InChI is InChI=1S/C22H32N2O2/c1-3-5-16-25-21-12-10-19(11-13-21)23-14-15-24-20-8-7-9-22(18-20)26-17-6-4-2/h7-13,18,23-24H,3-6,14-17H2,1-2H3. The van der Waals surface area contributed by atoms with Crippen LogP contribution in [-0.2, 0) is 0 Å². The van der Waals surface area contributed by atoms with Gasteiger partial charge in [-0.2, -0.15) is 0 Å². The number of rotatable bonds is 13. The van der Waals surface area contributed by atoms with Gasteiger partial charge >= 0.3 is 0 Å². The second kappa shape index (κ2) is 12.1. The van der Waals surface area contributed by atoms with E-state index in [4.69, 9.17) is 9.47 Å². The zero-order valence-electron chi connectivity index (χ0n) is 16.1. The molecule has 0 aliphatic heterocycles. The van der Waals surface area contributed by atoms with Crippen molar-refractivity contribution >= 4 is 11.4 Å². The van der Waals surface area contributed by atoms with E-state index < -0.39 is 0 Å². The lowest BCUT2D eigenvalue weighted by molar-refractivity contribution is 0.309. The van der Waals surface area contributed by atoms with Crippen molar-refractivity contribution in [2.45, 2.75) is 39.5 Å². The van der Waals surface area contributed by atoms with E-state index in [1.54, 1.807) is 0 Å². The molecule has 142 valence electrons. The molecule has 2 aromatic carbocycles. The summed E-state index contributed by atoms with van der Waals surface area (Å²) in [4.78, 5) is 0. The average molecular weight is 357 g/mol. The van der Waals surface area contributed by atoms with Crippen molar-refractivity contribution in [3.8, 4) is 11.5 Å². The summed E-state index contributed by atoms with van der Waals surface area (Å²) < 4.78 is 11.4. The first-order chi connectivity index (χ1) is 12.8. The number of hydrogen-bond acceptors (Lipinski definition) is 4. The molecule has 0 amide bonds. The van der Waals surface area contributed by atoms with Gasteiger partial charge in [-0.3, -0.25) is 0 Å². The zero-order valence-corrected chi connectivity index (χ0v) is 16.1. The van der Waals surface area contributed by atoms with Crippen LogP contribution in [0.15, 0.2) is 48.5 Å². The van der Waals surface area contributed by atoms with Crippen molar-refractivity contribution in [1.82, 2.24) is 0 Å². The van der Waals surface area contributed by atoms with Crippen LogP contribution in [0, 0.1) is 0 Å². The van der Waals surface area contributed by atoms with Crippen LogP contribution < -0.4 is 20.1 Å². The molecule has 0 unspecified atom stereocenters. The summed E-state index contributed by atoms with van der Waals surface area (Å²) in [7, 11) is 0. The Labute approximate surface area is 157 Å². The molecule has 4 heteroatoms. The van der Waals surface area contributed by atoms with Crippen LogP contribution in [0.5, 0.6) is 11.5 Å². The summed E-state index contributed by atoms with van der Waals surface area (Å²) in [6.07, 6.45) is 4.48. The summed E-state index contributed by atoms with van der Waals surface area (Å²) in [6.45, 7) is 7.58. The van der Waals surface area contributed by atoms with Gasteiger partial charge in [0.05, 0.1) is 13.2 Å². The fourth-order valence-corrected chi connectivity index (χ4v) is 2.45. The van der Waals surface area contributed by atoms with Crippen LogP contribution in [-0.4, -0.2) is 26.3 Å². The van der Waals surface area contributed by atoms with Gasteiger partial charge in [-0.1, -0.05) is 32.8 Å². The number of anilines is 2. The average Bonchev–Trinajstić information content (AvgIpc) is 2.67. The second-order valence-electron chi connectivity index (χ2n) is 6.31. The summed E-state index contributed by atoms with van der Waals surface area (Å²) in [5.74, 6) is 1.86. The molecule has 0 heterocycles. The third-order valence-electron chi connectivity index (χ3n) is 4.00. The minimum absolute atomic E-state index is 0.777. The van der Waals surface area contributed by atoms with Crippen LogP contribution in [0.4, 0.5) is 11.4 Å². The van der Waals surface area contributed by atoms with E-state index in [1.165, 1.54) is 0 Å². The molecule has 2 rings (SSSR count). The molecule has 2 N–H and O–H groups in total. The fourth-order valence-electron chi connectivity index (χ4n) is 2.45. The maximum absolute atomic E-state index is 5.74. The minimum Gasteiger partial charge on any atom is -0.494 e. The first-order valence-electron chi connectivity index (χ1n) is 9.75. The van der Waals surface area contributed by atoms with E-state index in [9.17, 15) is 0 Å². The molecule has 0 fully saturated rings. The highest BCUT2D eigenvalue weighted by molar-refractivity contribution is 5.49. The van der Waals surface area contributed by atoms with Crippen LogP contribution in [0.2, 0.25) is 0 Å². The SMILES string of the molecule is CCCCOc1ccc(NCCNc2cccc(OCCCC)c2)cc1. The van der Waals surface area contributed by atoms with Gasteiger partial charge < -0.3 is 20.1 Å². The molecule has 0 radical (unpaired) electrons. The number of nitrogens with one attached hydrogen (secondary N) is 2. The summed E-state index contributed by atoms with van der Waals surface area (Å²) in [6, 6.07) is 16.3. The van der Waals surface area contributed by atoms with E-state index in [0.29, 0.717) is 0 Å². The zero-order chi connectivity index (χ0) is 18.5. The predicted molar refractivity (Wildman–Crippen MR) is 111 cm³/mol. The topological polar surface area (TPSA) is 42.5 Å². The number of benzene rings is 2. The normalized spacial score (nSPS) is 10.4. The highest BCUT2D eigenvalue weighted by Gasteiger charge is 1.98. The molecule has 0 saturated carbocycles. The monoisotopic (exact) mass is 356 g/mol. The van der Waals surface area contributed by atoms with E-state index in [-0.39, 0.29) is 0 Å². The highest BCUT2D eigenvalue weighted by Crippen LogP contribution is 2.18. The van der Waals surface area contributed by atoms with Crippen molar-refractivity contribution in [2.75, 3.05) is 36.9 Å². The Kier molecular flexibility index (Phi) is 9.26. The lowest BCUT2D eigenvalue weighted by Crippen LogP contribution is -2.13. The van der Waals surface area contributed by atoms with Gasteiger partial charge in [0.2, 0.25) is 0 Å². The molecular weight excluding hydrogens is 324 g/mol. The lowest BCUT2D eigenvalue weighted by Gasteiger charge is -2.11. The molecular formula is C22H32N2O2. The molecule has 0 atom stereocenters. The van der Waals surface area contributed by atoms with Crippen molar-refractivity contribution in [2.24, 2.45) is 0 Å². The van der Waals surface area contributed by atoms with E-state index in [1.807, 2.05) is 24.3 Å². The Morgan fingerprint density at radius 1 is 0.692 bits per heavy atom. The molecule has 26 heavy (non-hydrogen) atoms. The fraction of sp³-hybridized carbons (Fsp3) is 0.455. The molecule has 2 aromatic rings. The van der Waals surface area contributed by atoms with E-state index in [2.05, 4.69) is 48.7 Å². The Hall–Kier alpha value is -2.36. The number of hydrogen-bond donors (Lipinski definition) is 2. The van der Waals surface area contributed by atoms with Gasteiger partial charge in [-0.05, 0) is 49.2 Å². The first-order valence-corrected chi connectivity index (χ1v) is 9.75. The third kappa shape index (κ3) is 7.68. The second-order valence-corrected chi connectivity index (χ2v) is 6.31. The summed E-state index contributed by atoms with van der Waals surface area (Å²) in [5.41, 5.74) is 2.19. The first kappa shape index (κ1) is 20.0. The smallest absolute Gasteiger partial charge is 0.121 e. The Morgan fingerprint density at radius 2 is 1.31 bits per heavy atom. The van der Waals surface area contributed by atoms with E-state index in [0.717, 1.165) is 74.9 Å². The maximum Gasteiger partial charge on any atom is 0.121 e. The predicted octanol–water partition coefficient (Wildman–Crippen LogP) is 5.57. The van der Waals surface area contributed by atoms with Gasteiger partial charge in [0.1, 0.15) is 11.5 Å². The quantitative estimate of drug-likeness (QED) is 0.461. The van der Waals surface area contributed by atoms with Gasteiger partial charge in [0, 0.05) is 30.5 Å². The Balaban J connectivity index is 1.67. The van der Waals surface area contributed by atoms with Crippen LogP contribution >= 0.6 is 0 Å². The molecule has 0 aliphatic rings. The van der Waals surface area contributed by atoms with Crippen molar-refractivity contribution in [3.05, 3.63) is 48.5 Å². The highest BCUT2D eigenvalue weighted by atomic mass is 16.5. The van der Waals surface area contributed by atoms with Gasteiger partial charge in [-0.15, -0.1) is 0 Å². The van der Waals surface area contributed by atoms with Crippen molar-refractivity contribution in [1.29, 1.82) is 0 Å². The van der Waals surface area contributed by atoms with Crippen LogP contribution in [0.25, 0.3) is 0 Å². The lowest BCUT2D eigenvalue weighted by atomic mass is 10.3. The summed E-state index contributed by atoms with van der Waals surface area (Å²) >= 11 is 0. The van der Waals surface area contributed by atoms with Crippen molar-refractivity contribution in [3.63, 3.8) is 0 Å². The molecule has 4 nitrogen and oxygen atoms in total. The van der Waals surface area contributed by atoms with Gasteiger partial charge in [0.25, 0.3) is 0 Å². The number of ether oxygens (including phenoxy) is 2. The van der Waals surface area contributed by atoms with E-state index >= 15 is 0 Å². The van der Waals surface area contributed by atoms with Crippen molar-refractivity contribution < 1.29 is 9.47 Å². The third-order valence-corrected chi connectivity index (χ3v) is 4.00. The summed E-state index contributed by atoms with van der Waals surface area (Å²) in [5, 5.41) is 6.84. The van der Waals surface area contributed by atoms with Crippen LogP contribution in [0.1, 0.15) is 39.5 Å². The van der Waals surface area contributed by atoms with Gasteiger partial charge in [-0.25, -0.2) is 0 Å². The largest absolute Gasteiger partial charge is 0.494 e. The molecule has 0 aromatic heterocycles. The Bertz CT molecular complexity index is 614. The molecule has 0 aliphatic carbocycles. The molecule has 0 spiro atoms. The molecule has 0 bridgehead atoms.